The zero-order valence-electron chi connectivity index (χ0n) is 21.8. The summed E-state index contributed by atoms with van der Waals surface area (Å²) in [5.41, 5.74) is 10.5. The summed E-state index contributed by atoms with van der Waals surface area (Å²) >= 11 is 0. The van der Waals surface area contributed by atoms with E-state index in [2.05, 4.69) is 15.3 Å². The van der Waals surface area contributed by atoms with Crippen molar-refractivity contribution in [2.45, 2.75) is 57.4 Å². The van der Waals surface area contributed by atoms with Crippen molar-refractivity contribution >= 4 is 17.6 Å². The number of hydrogen-bond donors (Lipinski definition) is 4. The van der Waals surface area contributed by atoms with Gasteiger partial charge in [-0.2, -0.15) is 0 Å². The first kappa shape index (κ1) is 27.6. The van der Waals surface area contributed by atoms with Gasteiger partial charge in [0.05, 0.1) is 36.1 Å². The minimum Gasteiger partial charge on any atom is -0.481 e. The third kappa shape index (κ3) is 6.54. The molecule has 10 nitrogen and oxygen atoms in total. The molecule has 2 aromatic rings. The molecule has 0 bridgehead atoms. The van der Waals surface area contributed by atoms with Crippen molar-refractivity contribution in [3.63, 3.8) is 0 Å². The van der Waals surface area contributed by atoms with Crippen LogP contribution in [0, 0.1) is 5.92 Å². The average molecular weight is 531 g/mol. The Balaban J connectivity index is 1.51. The van der Waals surface area contributed by atoms with Gasteiger partial charge in [-0.1, -0.05) is 19.4 Å². The molecule has 38 heavy (non-hydrogen) atoms. The third-order valence-corrected chi connectivity index (χ3v) is 7.25. The van der Waals surface area contributed by atoms with E-state index in [9.17, 15) is 18.7 Å². The Morgan fingerprint density at radius 1 is 1.29 bits per heavy atom. The fourth-order valence-corrected chi connectivity index (χ4v) is 4.96. The first-order valence-corrected chi connectivity index (χ1v) is 12.9. The molecule has 4 rings (SSSR count). The van der Waals surface area contributed by atoms with E-state index in [0.717, 1.165) is 24.1 Å². The van der Waals surface area contributed by atoms with Crippen molar-refractivity contribution in [1.82, 2.24) is 24.9 Å². The molecule has 2 fully saturated rings. The van der Waals surface area contributed by atoms with Gasteiger partial charge < -0.3 is 21.2 Å². The number of rotatable bonds is 10. The van der Waals surface area contributed by atoms with Crippen molar-refractivity contribution < 1.29 is 18.7 Å². The maximum absolute atomic E-state index is 14.2. The van der Waals surface area contributed by atoms with Crippen LogP contribution < -0.4 is 16.9 Å². The lowest BCUT2D eigenvalue weighted by atomic mass is 9.83. The molecular weight excluding hydrogens is 494 g/mol. The number of aryl methyl sites for hydroxylation is 1. The van der Waals surface area contributed by atoms with Crippen LogP contribution in [0.5, 0.6) is 0 Å². The van der Waals surface area contributed by atoms with Crippen LogP contribution in [-0.2, 0) is 17.8 Å². The molecule has 2 aliphatic rings. The van der Waals surface area contributed by atoms with Crippen LogP contribution in [0.1, 0.15) is 61.2 Å². The summed E-state index contributed by atoms with van der Waals surface area (Å²) in [5.74, 6) is 1.71. The van der Waals surface area contributed by atoms with Crippen LogP contribution in [0.4, 0.5) is 14.7 Å². The quantitative estimate of drug-likeness (QED) is 0.267. The number of aliphatic carboxylic acids is 1. The fraction of sp³-hybridized carbons (Fsp3) is 0.538. The normalized spacial score (nSPS) is 20.4. The smallest absolute Gasteiger partial charge is 0.308 e. The van der Waals surface area contributed by atoms with E-state index in [1.54, 1.807) is 19.3 Å². The van der Waals surface area contributed by atoms with E-state index >= 15 is 0 Å². The zero-order chi connectivity index (χ0) is 27.4. The van der Waals surface area contributed by atoms with Crippen molar-refractivity contribution in [2.24, 2.45) is 17.5 Å². The number of pyridine rings is 1. The molecule has 0 aromatic carbocycles. The molecule has 2 aromatic heterocycles. The van der Waals surface area contributed by atoms with Gasteiger partial charge in [0.15, 0.2) is 0 Å². The number of carboxylic acids is 1. The minimum absolute atomic E-state index is 0.0652. The molecular formula is C26H36F2N8O2. The van der Waals surface area contributed by atoms with Gasteiger partial charge in [0.25, 0.3) is 5.92 Å². The average Bonchev–Trinajstić information content (AvgIpc) is 2.82. The number of likely N-dealkylation sites (N-methyl/N-ethyl adjacent to an activating group) is 1. The second kappa shape index (κ2) is 11.6. The van der Waals surface area contributed by atoms with E-state index < -0.39 is 30.8 Å². The molecule has 206 valence electrons. The Kier molecular flexibility index (Phi) is 8.41. The van der Waals surface area contributed by atoms with Crippen LogP contribution in [0.25, 0.3) is 5.70 Å². The SMILES string of the molecule is CCc1nc(/C(N)=C(\CNc2nccc(C3CCC3)n2)N(C)N)ccc1CN1CC(C(=O)O)CC(F)(F)C1. The molecule has 0 radical (unpaired) electrons. The number of nitrogens with one attached hydrogen (secondary N) is 1. The monoisotopic (exact) mass is 530 g/mol. The topological polar surface area (TPSA) is 147 Å². The number of halogens is 2. The Hall–Kier alpha value is -3.38. The maximum atomic E-state index is 14.2. The van der Waals surface area contributed by atoms with Gasteiger partial charge >= 0.3 is 5.97 Å². The Morgan fingerprint density at radius 3 is 2.68 bits per heavy atom. The predicted octanol–water partition coefficient (Wildman–Crippen LogP) is 2.79. The summed E-state index contributed by atoms with van der Waals surface area (Å²) < 4.78 is 28.4. The number of carboxylic acid groups (broad SMARTS) is 1. The standard InChI is InChI=1S/C26H36F2N8O2/c1-3-19-17(13-36-14-18(24(37)38)11-26(27,28)15-36)7-8-21(33-19)23(29)22(35(2)30)12-32-25-31-10-9-20(34-25)16-5-4-6-16/h7-10,16,18H,3-6,11-15,29-30H2,1-2H3,(H,37,38)(H,31,32,34)/b23-22-. The highest BCUT2D eigenvalue weighted by Crippen LogP contribution is 2.35. The minimum atomic E-state index is -3.05. The Labute approximate surface area is 221 Å². The first-order chi connectivity index (χ1) is 18.1. The van der Waals surface area contributed by atoms with E-state index in [-0.39, 0.29) is 19.6 Å². The highest BCUT2D eigenvalue weighted by atomic mass is 19.3. The van der Waals surface area contributed by atoms with Crippen molar-refractivity contribution in [2.75, 3.05) is 32.0 Å². The number of alkyl halides is 2. The summed E-state index contributed by atoms with van der Waals surface area (Å²) in [7, 11) is 1.68. The van der Waals surface area contributed by atoms with Crippen molar-refractivity contribution in [1.29, 1.82) is 0 Å². The third-order valence-electron chi connectivity index (χ3n) is 7.25. The van der Waals surface area contributed by atoms with Gasteiger partial charge in [-0.25, -0.2) is 24.6 Å². The highest BCUT2D eigenvalue weighted by molar-refractivity contribution is 5.70. The van der Waals surface area contributed by atoms with Crippen LogP contribution >= 0.6 is 0 Å². The van der Waals surface area contributed by atoms with Gasteiger partial charge in [0.2, 0.25) is 5.95 Å². The number of carbonyl (C=O) groups is 1. The number of nitrogens with zero attached hydrogens (tertiary/aromatic N) is 5. The van der Waals surface area contributed by atoms with Crippen LogP contribution in [-0.4, -0.2) is 68.5 Å². The summed E-state index contributed by atoms with van der Waals surface area (Å²) in [6, 6.07) is 5.49. The van der Waals surface area contributed by atoms with E-state index in [0.29, 0.717) is 41.1 Å². The summed E-state index contributed by atoms with van der Waals surface area (Å²) in [4.78, 5) is 26.5. The molecule has 6 N–H and O–H groups in total. The number of hydrazine groups is 1. The van der Waals surface area contributed by atoms with Crippen LogP contribution in [0.15, 0.2) is 30.1 Å². The van der Waals surface area contributed by atoms with Gasteiger partial charge in [-0.15, -0.1) is 0 Å². The fourth-order valence-electron chi connectivity index (χ4n) is 4.96. The second-order valence-corrected chi connectivity index (χ2v) is 10.2. The molecule has 1 saturated carbocycles. The number of nitrogens with two attached hydrogens (primary N) is 2. The van der Waals surface area contributed by atoms with E-state index in [1.807, 2.05) is 19.1 Å². The first-order valence-electron chi connectivity index (χ1n) is 12.9. The lowest BCUT2D eigenvalue weighted by Gasteiger charge is -2.36. The molecule has 1 atom stereocenters. The van der Waals surface area contributed by atoms with E-state index in [1.165, 1.54) is 16.3 Å². The number of likely N-dealkylation sites (tertiary alicyclic amines) is 1. The maximum Gasteiger partial charge on any atom is 0.308 e. The van der Waals surface area contributed by atoms with Gasteiger partial charge in [0.1, 0.15) is 0 Å². The van der Waals surface area contributed by atoms with E-state index in [4.69, 9.17) is 16.6 Å². The zero-order valence-corrected chi connectivity index (χ0v) is 21.8. The summed E-state index contributed by atoms with van der Waals surface area (Å²) in [5, 5.41) is 13.9. The molecule has 1 aliphatic carbocycles. The lowest BCUT2D eigenvalue weighted by Crippen LogP contribution is -2.48. The number of aromatic nitrogens is 3. The molecule has 12 heteroatoms. The highest BCUT2D eigenvalue weighted by Gasteiger charge is 2.43. The van der Waals surface area contributed by atoms with Crippen molar-refractivity contribution in [3.8, 4) is 0 Å². The summed E-state index contributed by atoms with van der Waals surface area (Å²) in [6.45, 7) is 1.96. The van der Waals surface area contributed by atoms with Crippen molar-refractivity contribution in [3.05, 3.63) is 52.7 Å². The molecule has 0 spiro atoms. The predicted molar refractivity (Wildman–Crippen MR) is 140 cm³/mol. The van der Waals surface area contributed by atoms with Gasteiger partial charge in [-0.3, -0.25) is 14.7 Å². The van der Waals surface area contributed by atoms with Crippen LogP contribution in [0.3, 0.4) is 0 Å². The second-order valence-electron chi connectivity index (χ2n) is 10.2. The largest absolute Gasteiger partial charge is 0.481 e. The van der Waals surface area contributed by atoms with Gasteiger partial charge in [-0.05, 0) is 37.0 Å². The molecule has 0 amide bonds. The number of hydrogen-bond acceptors (Lipinski definition) is 9. The number of anilines is 1. The summed E-state index contributed by atoms with van der Waals surface area (Å²) in [6.07, 6.45) is 5.15. The molecule has 1 aliphatic heterocycles. The number of piperidine rings is 1. The lowest BCUT2D eigenvalue weighted by molar-refractivity contribution is -0.153. The van der Waals surface area contributed by atoms with Gasteiger partial charge in [0, 0.05) is 50.1 Å². The Bertz CT molecular complexity index is 1190. The Morgan fingerprint density at radius 2 is 2.05 bits per heavy atom. The molecule has 3 heterocycles. The molecule has 1 saturated heterocycles. The molecule has 1 unspecified atom stereocenters. The van der Waals surface area contributed by atoms with Crippen LogP contribution in [0.2, 0.25) is 0 Å².